The summed E-state index contributed by atoms with van der Waals surface area (Å²) in [7, 11) is 0. The average molecular weight is 502 g/mol. The Morgan fingerprint density at radius 1 is 0.857 bits per heavy atom. The molecule has 14 heteroatoms. The molecular weight excluding hydrogens is 462 g/mol. The predicted octanol–water partition coefficient (Wildman–Crippen LogP) is -1.92. The molecule has 200 valence electrons. The molecule has 0 unspecified atom stereocenters. The minimum Gasteiger partial charge on any atom is -0.481 e. The number of guanidine groups is 1. The van der Waals surface area contributed by atoms with Crippen molar-refractivity contribution in [1.29, 1.82) is 0 Å². The molecule has 0 aliphatic carbocycles. The van der Waals surface area contributed by atoms with Crippen molar-refractivity contribution >= 4 is 35.6 Å². The van der Waals surface area contributed by atoms with E-state index in [4.69, 9.17) is 22.3 Å². The molecule has 0 aromatic carbocycles. The maximum Gasteiger partial charge on any atom is 0.326 e. The summed E-state index contributed by atoms with van der Waals surface area (Å²) in [6.07, 6.45) is -0.0535. The van der Waals surface area contributed by atoms with E-state index in [0.717, 1.165) is 0 Å². The predicted molar refractivity (Wildman–Crippen MR) is 128 cm³/mol. The largest absolute Gasteiger partial charge is 0.481 e. The zero-order valence-corrected chi connectivity index (χ0v) is 20.6. The van der Waals surface area contributed by atoms with E-state index in [1.54, 1.807) is 13.8 Å². The zero-order chi connectivity index (χ0) is 27.3. The molecule has 11 N–H and O–H groups in total. The molecule has 0 fully saturated rings. The SMILES string of the molecule is CC(C)C[C@H](NC(=O)[C@@H](N)CC(=O)O)C(=O)N[C@H](C(=O)N[C@@H](CCCN=C(N)N)C(=O)O)C(C)C. The molecule has 35 heavy (non-hydrogen) atoms. The van der Waals surface area contributed by atoms with E-state index in [1.807, 2.05) is 13.8 Å². The minimum atomic E-state index is -1.35. The number of aliphatic imine (C=N–C) groups is 1. The average Bonchev–Trinajstić information content (AvgIpc) is 2.71. The molecule has 3 amide bonds. The molecular formula is C21H39N7O7. The van der Waals surface area contributed by atoms with Gasteiger partial charge in [0.1, 0.15) is 18.1 Å². The summed E-state index contributed by atoms with van der Waals surface area (Å²) in [6, 6.07) is -4.75. The number of carboxylic acids is 2. The lowest BCUT2D eigenvalue weighted by molar-refractivity contribution is -0.142. The summed E-state index contributed by atoms with van der Waals surface area (Å²) in [5.41, 5.74) is 16.0. The Balaban J connectivity index is 5.38. The van der Waals surface area contributed by atoms with Crippen LogP contribution >= 0.6 is 0 Å². The molecule has 0 radical (unpaired) electrons. The van der Waals surface area contributed by atoms with Crippen LogP contribution in [0.25, 0.3) is 0 Å². The number of nitrogens with two attached hydrogens (primary N) is 3. The highest BCUT2D eigenvalue weighted by molar-refractivity contribution is 5.94. The number of amides is 3. The van der Waals surface area contributed by atoms with Gasteiger partial charge < -0.3 is 43.4 Å². The Bertz CT molecular complexity index is 782. The maximum atomic E-state index is 13.0. The third-order valence-electron chi connectivity index (χ3n) is 4.88. The van der Waals surface area contributed by atoms with Crippen LogP contribution in [0, 0.1) is 11.8 Å². The van der Waals surface area contributed by atoms with E-state index in [-0.39, 0.29) is 31.3 Å². The van der Waals surface area contributed by atoms with Gasteiger partial charge in [-0.05, 0) is 31.1 Å². The van der Waals surface area contributed by atoms with Gasteiger partial charge in [0, 0.05) is 6.54 Å². The Hall–Kier alpha value is -3.42. The molecule has 0 aromatic heterocycles. The van der Waals surface area contributed by atoms with E-state index in [2.05, 4.69) is 20.9 Å². The van der Waals surface area contributed by atoms with Crippen LogP contribution < -0.4 is 33.2 Å². The second kappa shape index (κ2) is 15.5. The van der Waals surface area contributed by atoms with Crippen LogP contribution in [0.1, 0.15) is 53.4 Å². The highest BCUT2D eigenvalue weighted by Gasteiger charge is 2.32. The van der Waals surface area contributed by atoms with Gasteiger partial charge in [0.05, 0.1) is 12.5 Å². The van der Waals surface area contributed by atoms with E-state index >= 15 is 0 Å². The number of hydrogen-bond acceptors (Lipinski definition) is 7. The summed E-state index contributed by atoms with van der Waals surface area (Å²) in [5, 5.41) is 25.7. The third-order valence-corrected chi connectivity index (χ3v) is 4.88. The van der Waals surface area contributed by atoms with E-state index in [0.29, 0.717) is 6.42 Å². The van der Waals surface area contributed by atoms with E-state index in [1.165, 1.54) is 0 Å². The fraction of sp³-hybridized carbons (Fsp3) is 0.714. The minimum absolute atomic E-state index is 0.0327. The van der Waals surface area contributed by atoms with Crippen LogP contribution in [-0.4, -0.2) is 76.5 Å². The fourth-order valence-electron chi connectivity index (χ4n) is 3.07. The van der Waals surface area contributed by atoms with Crippen LogP contribution in [-0.2, 0) is 24.0 Å². The van der Waals surface area contributed by atoms with Gasteiger partial charge in [-0.3, -0.25) is 24.2 Å². The standard InChI is InChI=1S/C21H39N7O7/c1-10(2)8-14(27-17(31)12(22)9-15(29)30)18(32)28-16(11(3)4)19(33)26-13(20(34)35)6-5-7-25-21(23)24/h10-14,16H,5-9,22H2,1-4H3,(H,26,33)(H,27,31)(H,28,32)(H,29,30)(H,34,35)(H4,23,24,25)/t12-,13-,14-,16-/m0/s1. The molecule has 0 rings (SSSR count). The van der Waals surface area contributed by atoms with Crippen LogP contribution in [0.3, 0.4) is 0 Å². The summed E-state index contributed by atoms with van der Waals surface area (Å²) in [4.78, 5) is 64.2. The summed E-state index contributed by atoms with van der Waals surface area (Å²) in [5.74, 6) is -5.30. The van der Waals surface area contributed by atoms with Crippen LogP contribution in [0.4, 0.5) is 0 Å². The van der Waals surface area contributed by atoms with Crippen molar-refractivity contribution in [3.05, 3.63) is 0 Å². The molecule has 0 bridgehead atoms. The molecule has 0 heterocycles. The van der Waals surface area contributed by atoms with Crippen molar-refractivity contribution in [2.24, 2.45) is 34.0 Å². The number of carbonyl (C=O) groups excluding carboxylic acids is 3. The van der Waals surface area contributed by atoms with Gasteiger partial charge in [-0.2, -0.15) is 0 Å². The Morgan fingerprint density at radius 2 is 1.43 bits per heavy atom. The second-order valence-electron chi connectivity index (χ2n) is 8.97. The summed E-state index contributed by atoms with van der Waals surface area (Å²) in [6.45, 7) is 7.15. The van der Waals surface area contributed by atoms with E-state index < -0.39 is 66.2 Å². The Kier molecular flexibility index (Phi) is 14.0. The first-order valence-electron chi connectivity index (χ1n) is 11.3. The highest BCUT2D eigenvalue weighted by atomic mass is 16.4. The molecule has 4 atom stereocenters. The highest BCUT2D eigenvalue weighted by Crippen LogP contribution is 2.09. The van der Waals surface area contributed by atoms with Gasteiger partial charge in [-0.1, -0.05) is 27.7 Å². The molecule has 0 aliphatic heterocycles. The van der Waals surface area contributed by atoms with Gasteiger partial charge in [0.15, 0.2) is 5.96 Å². The maximum absolute atomic E-state index is 13.0. The first-order chi connectivity index (χ1) is 16.1. The van der Waals surface area contributed by atoms with E-state index in [9.17, 15) is 29.1 Å². The lowest BCUT2D eigenvalue weighted by Gasteiger charge is -2.27. The number of aliphatic carboxylic acids is 2. The van der Waals surface area contributed by atoms with Crippen molar-refractivity contribution < 1.29 is 34.2 Å². The van der Waals surface area contributed by atoms with Crippen molar-refractivity contribution in [2.75, 3.05) is 6.54 Å². The molecule has 0 saturated heterocycles. The van der Waals surface area contributed by atoms with Gasteiger partial charge in [0.2, 0.25) is 17.7 Å². The molecule has 14 nitrogen and oxygen atoms in total. The first kappa shape index (κ1) is 31.6. The van der Waals surface area contributed by atoms with Crippen molar-refractivity contribution in [2.45, 2.75) is 77.5 Å². The lowest BCUT2D eigenvalue weighted by Crippen LogP contribution is -2.58. The summed E-state index contributed by atoms with van der Waals surface area (Å²) >= 11 is 0. The monoisotopic (exact) mass is 501 g/mol. The normalized spacial score (nSPS) is 14.4. The van der Waals surface area contributed by atoms with Gasteiger partial charge in [-0.15, -0.1) is 0 Å². The fourth-order valence-corrected chi connectivity index (χ4v) is 3.07. The number of nitrogens with one attached hydrogen (secondary N) is 3. The van der Waals surface area contributed by atoms with Gasteiger partial charge in [0.25, 0.3) is 0 Å². The summed E-state index contributed by atoms with van der Waals surface area (Å²) < 4.78 is 0. The quantitative estimate of drug-likeness (QED) is 0.0661. The lowest BCUT2D eigenvalue weighted by atomic mass is 9.99. The van der Waals surface area contributed by atoms with Crippen molar-refractivity contribution in [3.63, 3.8) is 0 Å². The zero-order valence-electron chi connectivity index (χ0n) is 20.6. The topological polar surface area (TPSA) is 252 Å². The number of carboxylic acid groups (broad SMARTS) is 2. The second-order valence-corrected chi connectivity index (χ2v) is 8.97. The molecule has 0 spiro atoms. The third kappa shape index (κ3) is 13.2. The molecule has 0 aliphatic rings. The number of carbonyl (C=O) groups is 5. The van der Waals surface area contributed by atoms with Gasteiger partial charge in [-0.25, -0.2) is 4.79 Å². The number of rotatable bonds is 16. The smallest absolute Gasteiger partial charge is 0.326 e. The van der Waals surface area contributed by atoms with Crippen LogP contribution in [0.15, 0.2) is 4.99 Å². The number of hydrogen-bond donors (Lipinski definition) is 8. The van der Waals surface area contributed by atoms with Crippen molar-refractivity contribution in [1.82, 2.24) is 16.0 Å². The Labute approximate surface area is 204 Å². The van der Waals surface area contributed by atoms with Crippen molar-refractivity contribution in [3.8, 4) is 0 Å². The number of nitrogens with zero attached hydrogens (tertiary/aromatic N) is 1. The molecule has 0 saturated carbocycles. The van der Waals surface area contributed by atoms with Crippen LogP contribution in [0.2, 0.25) is 0 Å². The molecule has 0 aromatic rings. The van der Waals surface area contributed by atoms with Gasteiger partial charge >= 0.3 is 11.9 Å². The first-order valence-corrected chi connectivity index (χ1v) is 11.3. The Morgan fingerprint density at radius 3 is 1.89 bits per heavy atom. The van der Waals surface area contributed by atoms with Crippen LogP contribution in [0.5, 0.6) is 0 Å².